The second-order valence-electron chi connectivity index (χ2n) is 5.52. The number of sulfonamides is 1. The van der Waals surface area contributed by atoms with Crippen molar-refractivity contribution in [3.05, 3.63) is 36.0 Å². The van der Waals surface area contributed by atoms with Crippen molar-refractivity contribution in [1.82, 2.24) is 24.8 Å². The Balaban J connectivity index is 0.00000243. The number of piperazine rings is 1. The zero-order chi connectivity index (χ0) is 17.7. The quantitative estimate of drug-likeness (QED) is 0.362. The first-order valence-electron chi connectivity index (χ1n) is 7.80. The highest BCUT2D eigenvalue weighted by Gasteiger charge is 2.28. The Morgan fingerprint density at radius 3 is 2.31 bits per heavy atom. The highest BCUT2D eigenvalue weighted by atomic mass is 127. The second-order valence-corrected chi connectivity index (χ2v) is 7.49. The van der Waals surface area contributed by atoms with Crippen molar-refractivity contribution in [2.75, 3.05) is 33.2 Å². The van der Waals surface area contributed by atoms with Gasteiger partial charge in [0.05, 0.1) is 12.2 Å². The molecule has 0 amide bonds. The van der Waals surface area contributed by atoms with Crippen LogP contribution in [0.1, 0.15) is 11.4 Å². The Kier molecular flexibility index (Phi) is 7.40. The average molecular weight is 496 g/mol. The molecular formula is C14H21IN6O4S. The number of nitrogens with one attached hydrogen (secondary N) is 1. The Morgan fingerprint density at radius 1 is 1.15 bits per heavy atom. The molecule has 0 aliphatic carbocycles. The van der Waals surface area contributed by atoms with Crippen LogP contribution in [0.15, 0.2) is 38.7 Å². The molecule has 1 aliphatic heterocycles. The first-order valence-corrected chi connectivity index (χ1v) is 9.41. The fraction of sp³-hybridized carbons (Fsp3) is 0.500. The first kappa shape index (κ1) is 20.6. The summed E-state index contributed by atoms with van der Waals surface area (Å²) in [5.41, 5.74) is 1.18. The van der Waals surface area contributed by atoms with Crippen LogP contribution in [-0.4, -0.2) is 67.1 Å². The summed E-state index contributed by atoms with van der Waals surface area (Å²) in [6, 6.07) is 3.33. The van der Waals surface area contributed by atoms with E-state index in [2.05, 4.69) is 20.6 Å². The monoisotopic (exact) mass is 496 g/mol. The van der Waals surface area contributed by atoms with Gasteiger partial charge in [0.15, 0.2) is 5.96 Å². The van der Waals surface area contributed by atoms with Gasteiger partial charge in [-0.25, -0.2) is 8.42 Å². The van der Waals surface area contributed by atoms with Gasteiger partial charge < -0.3 is 19.3 Å². The lowest BCUT2D eigenvalue weighted by Gasteiger charge is -2.35. The molecule has 3 rings (SSSR count). The van der Waals surface area contributed by atoms with Gasteiger partial charge in [-0.1, -0.05) is 10.3 Å². The standard InChI is InChI=1S/C14H20N6O4S.HI/c1-15-14(16-10-12-2-8-23-17-12)19-4-6-20(7-5-19)25(21,22)11-13-3-9-24-18-13;/h2-3,8-9H,4-7,10-11H2,1H3,(H,15,16);1H. The Labute approximate surface area is 168 Å². The molecule has 1 fully saturated rings. The molecule has 3 heterocycles. The highest BCUT2D eigenvalue weighted by molar-refractivity contribution is 14.0. The van der Waals surface area contributed by atoms with E-state index >= 15 is 0 Å². The number of rotatable bonds is 5. The summed E-state index contributed by atoms with van der Waals surface area (Å²) in [6.45, 7) is 2.39. The third-order valence-electron chi connectivity index (χ3n) is 3.88. The average Bonchev–Trinajstić information content (AvgIpc) is 3.29. The van der Waals surface area contributed by atoms with Crippen LogP contribution >= 0.6 is 24.0 Å². The topological polar surface area (TPSA) is 117 Å². The molecular weight excluding hydrogens is 475 g/mol. The maximum absolute atomic E-state index is 12.4. The van der Waals surface area contributed by atoms with Crippen LogP contribution in [0.2, 0.25) is 0 Å². The summed E-state index contributed by atoms with van der Waals surface area (Å²) < 4.78 is 35.8. The van der Waals surface area contributed by atoms with Crippen molar-refractivity contribution in [1.29, 1.82) is 0 Å². The normalized spacial score (nSPS) is 16.3. The summed E-state index contributed by atoms with van der Waals surface area (Å²) in [5.74, 6) is 0.555. The van der Waals surface area contributed by atoms with E-state index < -0.39 is 10.0 Å². The number of aromatic nitrogens is 2. The summed E-state index contributed by atoms with van der Waals surface area (Å²) in [5, 5.41) is 10.7. The molecule has 2 aromatic heterocycles. The SMILES string of the molecule is CN=C(NCc1ccon1)N1CCN(S(=O)(=O)Cc2ccon2)CC1.I. The van der Waals surface area contributed by atoms with Crippen LogP contribution < -0.4 is 5.32 Å². The van der Waals surface area contributed by atoms with E-state index in [1.54, 1.807) is 19.2 Å². The molecule has 1 N–H and O–H groups in total. The van der Waals surface area contributed by atoms with Gasteiger partial charge in [-0.05, 0) is 0 Å². The van der Waals surface area contributed by atoms with Crippen molar-refractivity contribution in [3.63, 3.8) is 0 Å². The molecule has 0 radical (unpaired) electrons. The third-order valence-corrected chi connectivity index (χ3v) is 5.70. The van der Waals surface area contributed by atoms with Crippen LogP contribution in [0.5, 0.6) is 0 Å². The summed E-state index contributed by atoms with van der Waals surface area (Å²) >= 11 is 0. The van der Waals surface area contributed by atoms with Gasteiger partial charge in [0.1, 0.15) is 24.0 Å². The van der Waals surface area contributed by atoms with E-state index in [1.807, 2.05) is 4.90 Å². The maximum atomic E-state index is 12.4. The maximum Gasteiger partial charge on any atom is 0.220 e. The second kappa shape index (κ2) is 9.32. The fourth-order valence-electron chi connectivity index (χ4n) is 2.60. The lowest BCUT2D eigenvalue weighted by atomic mass is 10.4. The number of guanidine groups is 1. The van der Waals surface area contributed by atoms with Gasteiger partial charge in [-0.3, -0.25) is 4.99 Å². The molecule has 12 heteroatoms. The molecule has 144 valence electrons. The fourth-order valence-corrected chi connectivity index (χ4v) is 4.02. The molecule has 2 aromatic rings. The summed E-state index contributed by atoms with van der Waals surface area (Å²) in [6.07, 6.45) is 2.88. The molecule has 0 atom stereocenters. The lowest BCUT2D eigenvalue weighted by Crippen LogP contribution is -2.53. The molecule has 0 bridgehead atoms. The molecule has 1 saturated heterocycles. The molecule has 10 nitrogen and oxygen atoms in total. The van der Waals surface area contributed by atoms with Crippen LogP contribution in [0.3, 0.4) is 0 Å². The van der Waals surface area contributed by atoms with Crippen molar-refractivity contribution in [2.45, 2.75) is 12.3 Å². The molecule has 26 heavy (non-hydrogen) atoms. The van der Waals surface area contributed by atoms with E-state index in [0.717, 1.165) is 5.69 Å². The van der Waals surface area contributed by atoms with Gasteiger partial charge in [0, 0.05) is 45.4 Å². The van der Waals surface area contributed by atoms with Crippen LogP contribution in [0.25, 0.3) is 0 Å². The minimum absolute atomic E-state index is 0. The van der Waals surface area contributed by atoms with Crippen molar-refractivity contribution in [2.24, 2.45) is 4.99 Å². The van der Waals surface area contributed by atoms with E-state index in [4.69, 9.17) is 9.05 Å². The number of hydrogen-bond acceptors (Lipinski definition) is 7. The predicted molar refractivity (Wildman–Crippen MR) is 104 cm³/mol. The number of halogens is 1. The van der Waals surface area contributed by atoms with Gasteiger partial charge in [-0.15, -0.1) is 24.0 Å². The molecule has 0 spiro atoms. The minimum atomic E-state index is -3.41. The van der Waals surface area contributed by atoms with Gasteiger partial charge in [0.2, 0.25) is 10.0 Å². The first-order chi connectivity index (χ1) is 12.1. The van der Waals surface area contributed by atoms with E-state index in [-0.39, 0.29) is 29.7 Å². The van der Waals surface area contributed by atoms with Crippen LogP contribution in [-0.2, 0) is 22.3 Å². The van der Waals surface area contributed by atoms with Crippen molar-refractivity contribution >= 4 is 40.0 Å². The van der Waals surface area contributed by atoms with Gasteiger partial charge >= 0.3 is 0 Å². The lowest BCUT2D eigenvalue weighted by molar-refractivity contribution is 0.259. The van der Waals surface area contributed by atoms with E-state index in [0.29, 0.717) is 44.4 Å². The van der Waals surface area contributed by atoms with Crippen LogP contribution in [0, 0.1) is 0 Å². The van der Waals surface area contributed by atoms with Gasteiger partial charge in [0.25, 0.3) is 0 Å². The number of nitrogens with zero attached hydrogens (tertiary/aromatic N) is 5. The molecule has 0 saturated carbocycles. The minimum Gasteiger partial charge on any atom is -0.364 e. The smallest absolute Gasteiger partial charge is 0.220 e. The largest absolute Gasteiger partial charge is 0.364 e. The zero-order valence-electron chi connectivity index (χ0n) is 14.2. The highest BCUT2D eigenvalue weighted by Crippen LogP contribution is 2.13. The Hall–Kier alpha value is -1.67. The van der Waals surface area contributed by atoms with Crippen molar-refractivity contribution in [3.8, 4) is 0 Å². The summed E-state index contributed by atoms with van der Waals surface area (Å²) in [4.78, 5) is 6.26. The predicted octanol–water partition coefficient (Wildman–Crippen LogP) is 0.504. The summed E-state index contributed by atoms with van der Waals surface area (Å²) in [7, 11) is -1.72. The molecule has 0 unspecified atom stereocenters. The number of hydrogen-bond donors (Lipinski definition) is 1. The van der Waals surface area contributed by atoms with E-state index in [9.17, 15) is 8.42 Å². The Bertz CT molecular complexity index is 786. The third kappa shape index (κ3) is 5.17. The van der Waals surface area contributed by atoms with Crippen molar-refractivity contribution < 1.29 is 17.5 Å². The van der Waals surface area contributed by atoms with E-state index in [1.165, 1.54) is 16.8 Å². The molecule has 0 aromatic carbocycles. The Morgan fingerprint density at radius 2 is 1.77 bits per heavy atom. The van der Waals surface area contributed by atoms with Crippen LogP contribution in [0.4, 0.5) is 0 Å². The van der Waals surface area contributed by atoms with Gasteiger partial charge in [-0.2, -0.15) is 4.31 Å². The number of aliphatic imine (C=N–C) groups is 1. The zero-order valence-corrected chi connectivity index (χ0v) is 17.4. The molecule has 1 aliphatic rings.